The lowest BCUT2D eigenvalue weighted by molar-refractivity contribution is -0.126. The minimum absolute atomic E-state index is 0.0894. The molecule has 2 fully saturated rings. The third-order valence-corrected chi connectivity index (χ3v) is 5.70. The molecule has 1 amide bonds. The molecule has 4 rings (SSSR count). The molecule has 4 aliphatic rings. The van der Waals surface area contributed by atoms with Gasteiger partial charge < -0.3 is 26.2 Å². The standard InChI is InChI=1S/C15H18N4O5/c1-5-9(16)12(21)8-6(4-24-14(17)22)15(23)13-7(18(13)2)3-19(15)10(8)11(5)20/h6-7,13,23H,3-4,16H2,1-2H3,(H2,17,22)/t6-,7+,13+,15+,18?/m0/s1. The molecule has 24 heavy (non-hydrogen) atoms. The van der Waals surface area contributed by atoms with Crippen molar-refractivity contribution >= 4 is 17.7 Å². The van der Waals surface area contributed by atoms with Crippen molar-refractivity contribution in [2.45, 2.75) is 24.7 Å². The minimum atomic E-state index is -1.49. The summed E-state index contributed by atoms with van der Waals surface area (Å²) in [4.78, 5) is 39.9. The normalized spacial score (nSPS) is 39.9. The molecule has 0 saturated carbocycles. The number of allylic oxidation sites excluding steroid dienone is 2. The van der Waals surface area contributed by atoms with Gasteiger partial charge in [0.05, 0.1) is 23.4 Å². The van der Waals surface area contributed by atoms with Gasteiger partial charge in [-0.25, -0.2) is 4.79 Å². The Labute approximate surface area is 137 Å². The maximum Gasteiger partial charge on any atom is 0.404 e. The Balaban J connectivity index is 1.82. The molecule has 9 heteroatoms. The SMILES string of the molecule is CC1=C(N)C(=O)C2=C(C1=O)N1C[C@@H]3[C@@H](N3C)[C@]1(O)[C@H]2COC(N)=O. The average Bonchev–Trinajstić information content (AvgIpc) is 2.93. The summed E-state index contributed by atoms with van der Waals surface area (Å²) in [7, 11) is 1.86. The van der Waals surface area contributed by atoms with E-state index in [0.29, 0.717) is 6.54 Å². The summed E-state index contributed by atoms with van der Waals surface area (Å²) in [6.07, 6.45) is -1.01. The van der Waals surface area contributed by atoms with E-state index in [1.54, 1.807) is 4.90 Å². The molecular formula is C15H18N4O5. The summed E-state index contributed by atoms with van der Waals surface area (Å²) in [5, 5.41) is 11.4. The van der Waals surface area contributed by atoms with Crippen molar-refractivity contribution in [2.75, 3.05) is 20.2 Å². The smallest absolute Gasteiger partial charge is 0.404 e. The Morgan fingerprint density at radius 2 is 2.08 bits per heavy atom. The van der Waals surface area contributed by atoms with E-state index in [-0.39, 0.29) is 47.0 Å². The summed E-state index contributed by atoms with van der Waals surface area (Å²) >= 11 is 0. The lowest BCUT2D eigenvalue weighted by atomic mass is 9.83. The summed E-state index contributed by atoms with van der Waals surface area (Å²) < 4.78 is 4.88. The first-order valence-corrected chi connectivity index (χ1v) is 7.65. The number of ketones is 2. The number of hydrogen-bond acceptors (Lipinski definition) is 8. The number of likely N-dealkylation sites (N-methyl/N-ethyl adjacent to an activating group) is 1. The summed E-state index contributed by atoms with van der Waals surface area (Å²) in [6.45, 7) is 1.63. The molecule has 3 aliphatic heterocycles. The van der Waals surface area contributed by atoms with Gasteiger partial charge in [-0.15, -0.1) is 0 Å². The molecular weight excluding hydrogens is 316 g/mol. The van der Waals surface area contributed by atoms with E-state index in [1.165, 1.54) is 6.92 Å². The maximum absolute atomic E-state index is 12.7. The predicted molar refractivity (Wildman–Crippen MR) is 79.9 cm³/mol. The van der Waals surface area contributed by atoms with Crippen LogP contribution in [-0.2, 0) is 14.3 Å². The Bertz CT molecular complexity index is 772. The highest BCUT2D eigenvalue weighted by atomic mass is 16.5. The molecule has 0 bridgehead atoms. The topological polar surface area (TPSA) is 139 Å². The van der Waals surface area contributed by atoms with Gasteiger partial charge in [0.15, 0.2) is 5.72 Å². The molecule has 5 N–H and O–H groups in total. The molecule has 1 aliphatic carbocycles. The predicted octanol–water partition coefficient (Wildman–Crippen LogP) is -1.96. The lowest BCUT2D eigenvalue weighted by Gasteiger charge is -2.37. The second-order valence-electron chi connectivity index (χ2n) is 6.71. The highest BCUT2D eigenvalue weighted by Gasteiger charge is 2.74. The van der Waals surface area contributed by atoms with E-state index in [1.807, 2.05) is 11.9 Å². The Kier molecular flexibility index (Phi) is 2.76. The fraction of sp³-hybridized carbons (Fsp3) is 0.533. The van der Waals surface area contributed by atoms with Gasteiger partial charge in [-0.1, -0.05) is 0 Å². The molecule has 0 radical (unpaired) electrons. The number of carbonyl (C=O) groups excluding carboxylic acids is 3. The summed E-state index contributed by atoms with van der Waals surface area (Å²) in [6, 6.07) is -0.154. The van der Waals surface area contributed by atoms with Gasteiger partial charge in [0.1, 0.15) is 6.61 Å². The second-order valence-corrected chi connectivity index (χ2v) is 6.71. The van der Waals surface area contributed by atoms with E-state index in [9.17, 15) is 19.5 Å². The number of hydrogen-bond donors (Lipinski definition) is 3. The lowest BCUT2D eigenvalue weighted by Crippen LogP contribution is -2.53. The van der Waals surface area contributed by atoms with Crippen LogP contribution < -0.4 is 11.5 Å². The first-order chi connectivity index (χ1) is 11.2. The number of primary amides is 1. The van der Waals surface area contributed by atoms with Crippen molar-refractivity contribution in [2.24, 2.45) is 17.4 Å². The minimum Gasteiger partial charge on any atom is -0.449 e. The van der Waals surface area contributed by atoms with Gasteiger partial charge in [0, 0.05) is 23.7 Å². The second kappa shape index (κ2) is 4.37. The number of nitrogens with zero attached hydrogens (tertiary/aromatic N) is 2. The van der Waals surface area contributed by atoms with E-state index in [2.05, 4.69) is 0 Å². The zero-order valence-corrected chi connectivity index (χ0v) is 13.3. The molecule has 128 valence electrons. The van der Waals surface area contributed by atoms with Crippen molar-refractivity contribution in [1.82, 2.24) is 9.80 Å². The fourth-order valence-electron chi connectivity index (χ4n) is 4.39. The van der Waals surface area contributed by atoms with Crippen LogP contribution in [0.1, 0.15) is 6.92 Å². The molecule has 1 unspecified atom stereocenters. The number of piperazine rings is 1. The van der Waals surface area contributed by atoms with Crippen LogP contribution in [0.25, 0.3) is 0 Å². The van der Waals surface area contributed by atoms with Crippen molar-refractivity contribution in [3.05, 3.63) is 22.5 Å². The van der Waals surface area contributed by atoms with Gasteiger partial charge in [-0.3, -0.25) is 14.5 Å². The van der Waals surface area contributed by atoms with Gasteiger partial charge in [-0.05, 0) is 14.0 Å². The van der Waals surface area contributed by atoms with Crippen LogP contribution in [0.5, 0.6) is 0 Å². The van der Waals surface area contributed by atoms with Crippen LogP contribution in [0.15, 0.2) is 22.5 Å². The third kappa shape index (κ3) is 1.53. The van der Waals surface area contributed by atoms with Crippen molar-refractivity contribution < 1.29 is 24.2 Å². The molecule has 0 aromatic carbocycles. The Hall–Kier alpha value is -2.39. The van der Waals surface area contributed by atoms with Crippen LogP contribution in [-0.4, -0.2) is 70.6 Å². The molecule has 0 spiro atoms. The Morgan fingerprint density at radius 3 is 2.71 bits per heavy atom. The van der Waals surface area contributed by atoms with Gasteiger partial charge in [-0.2, -0.15) is 0 Å². The van der Waals surface area contributed by atoms with E-state index >= 15 is 0 Å². The number of nitrogens with two attached hydrogens (primary N) is 2. The summed E-state index contributed by atoms with van der Waals surface area (Å²) in [5.74, 6) is -1.74. The van der Waals surface area contributed by atoms with Crippen LogP contribution in [0, 0.1) is 5.92 Å². The molecule has 0 aromatic heterocycles. The van der Waals surface area contributed by atoms with E-state index < -0.39 is 23.5 Å². The van der Waals surface area contributed by atoms with Crippen LogP contribution in [0.4, 0.5) is 4.79 Å². The third-order valence-electron chi connectivity index (χ3n) is 5.70. The van der Waals surface area contributed by atoms with Crippen molar-refractivity contribution in [3.8, 4) is 0 Å². The number of Topliss-reactive ketones (excluding diaryl/α,β-unsaturated/α-hetero) is 2. The maximum atomic E-state index is 12.7. The number of carbonyl (C=O) groups is 3. The number of fused-ring (bicyclic) bond motifs is 4. The molecule has 3 heterocycles. The number of amides is 1. The highest BCUT2D eigenvalue weighted by molar-refractivity contribution is 6.25. The first-order valence-electron chi connectivity index (χ1n) is 7.65. The quantitative estimate of drug-likeness (QED) is 0.391. The zero-order chi connectivity index (χ0) is 17.5. The first kappa shape index (κ1) is 15.2. The van der Waals surface area contributed by atoms with Crippen LogP contribution in [0.2, 0.25) is 0 Å². The van der Waals surface area contributed by atoms with E-state index in [0.717, 1.165) is 0 Å². The average molecular weight is 334 g/mol. The van der Waals surface area contributed by atoms with Crippen LogP contribution >= 0.6 is 0 Å². The number of rotatable bonds is 2. The largest absolute Gasteiger partial charge is 0.449 e. The molecule has 9 nitrogen and oxygen atoms in total. The van der Waals surface area contributed by atoms with E-state index in [4.69, 9.17) is 16.2 Å². The number of aliphatic hydroxyl groups is 1. The Morgan fingerprint density at radius 1 is 1.42 bits per heavy atom. The zero-order valence-electron chi connectivity index (χ0n) is 13.3. The number of ether oxygens (including phenoxy) is 1. The van der Waals surface area contributed by atoms with Crippen LogP contribution in [0.3, 0.4) is 0 Å². The van der Waals surface area contributed by atoms with Crippen molar-refractivity contribution in [1.29, 1.82) is 0 Å². The van der Waals surface area contributed by atoms with Gasteiger partial charge in [0.25, 0.3) is 0 Å². The molecule has 5 atom stereocenters. The highest BCUT2D eigenvalue weighted by Crippen LogP contribution is 2.57. The fourth-order valence-corrected chi connectivity index (χ4v) is 4.39. The summed E-state index contributed by atoms with van der Waals surface area (Å²) in [5.41, 5.74) is 9.66. The molecule has 0 aromatic rings. The van der Waals surface area contributed by atoms with Crippen molar-refractivity contribution in [3.63, 3.8) is 0 Å². The van der Waals surface area contributed by atoms with Gasteiger partial charge in [0.2, 0.25) is 11.6 Å². The monoisotopic (exact) mass is 334 g/mol. The molecule has 2 saturated heterocycles. The van der Waals surface area contributed by atoms with Gasteiger partial charge >= 0.3 is 6.09 Å².